The Morgan fingerprint density at radius 3 is 2.86 bits per heavy atom. The first-order valence-corrected chi connectivity index (χ1v) is 6.75. The van der Waals surface area contributed by atoms with Crippen molar-refractivity contribution in [2.45, 2.75) is 13.0 Å². The SMILES string of the molecule is CCOC(=O)c1ccc(N2CCOCC2C(N)=O)c(N)c1. The molecule has 1 aliphatic heterocycles. The third kappa shape index (κ3) is 3.25. The monoisotopic (exact) mass is 293 g/mol. The van der Waals surface area contributed by atoms with E-state index < -0.39 is 17.9 Å². The van der Waals surface area contributed by atoms with Crippen molar-refractivity contribution < 1.29 is 19.1 Å². The molecule has 7 heteroatoms. The largest absolute Gasteiger partial charge is 0.462 e. The number of benzene rings is 1. The third-order valence-corrected chi connectivity index (χ3v) is 3.30. The van der Waals surface area contributed by atoms with Gasteiger partial charge in [-0.3, -0.25) is 4.79 Å². The Hall–Kier alpha value is -2.28. The minimum Gasteiger partial charge on any atom is -0.462 e. The molecule has 1 saturated heterocycles. The van der Waals surface area contributed by atoms with E-state index in [9.17, 15) is 9.59 Å². The number of rotatable bonds is 4. The molecule has 1 atom stereocenters. The fourth-order valence-corrected chi connectivity index (χ4v) is 2.29. The summed E-state index contributed by atoms with van der Waals surface area (Å²) in [6, 6.07) is 4.30. The Morgan fingerprint density at radius 2 is 2.24 bits per heavy atom. The van der Waals surface area contributed by atoms with Crippen molar-refractivity contribution in [2.24, 2.45) is 5.73 Å². The number of carbonyl (C=O) groups excluding carboxylic acids is 2. The van der Waals surface area contributed by atoms with Gasteiger partial charge in [-0.2, -0.15) is 0 Å². The van der Waals surface area contributed by atoms with E-state index in [1.54, 1.807) is 30.0 Å². The maximum absolute atomic E-state index is 11.7. The van der Waals surface area contributed by atoms with Gasteiger partial charge >= 0.3 is 5.97 Å². The van der Waals surface area contributed by atoms with Gasteiger partial charge in [0.2, 0.25) is 5.91 Å². The summed E-state index contributed by atoms with van der Waals surface area (Å²) in [5, 5.41) is 0. The van der Waals surface area contributed by atoms with Gasteiger partial charge in [-0.15, -0.1) is 0 Å². The maximum Gasteiger partial charge on any atom is 0.338 e. The zero-order chi connectivity index (χ0) is 15.4. The van der Waals surface area contributed by atoms with E-state index in [4.69, 9.17) is 20.9 Å². The number of esters is 1. The Labute approximate surface area is 122 Å². The van der Waals surface area contributed by atoms with E-state index in [1.807, 2.05) is 0 Å². The first-order chi connectivity index (χ1) is 10.0. The second-order valence-corrected chi connectivity index (χ2v) is 4.68. The van der Waals surface area contributed by atoms with Gasteiger partial charge in [0, 0.05) is 6.54 Å². The van der Waals surface area contributed by atoms with Crippen LogP contribution >= 0.6 is 0 Å². The molecule has 4 N–H and O–H groups in total. The van der Waals surface area contributed by atoms with E-state index in [-0.39, 0.29) is 6.61 Å². The molecule has 0 bridgehead atoms. The minimum atomic E-state index is -0.561. The molecule has 0 spiro atoms. The van der Waals surface area contributed by atoms with E-state index in [2.05, 4.69) is 0 Å². The van der Waals surface area contributed by atoms with Gasteiger partial charge < -0.3 is 25.8 Å². The topological polar surface area (TPSA) is 108 Å². The predicted octanol–water partition coefficient (Wildman–Crippen LogP) is 0.136. The van der Waals surface area contributed by atoms with Crippen LogP contribution in [0.3, 0.4) is 0 Å². The molecule has 7 nitrogen and oxygen atoms in total. The Balaban J connectivity index is 2.27. The van der Waals surface area contributed by atoms with Crippen LogP contribution in [0.5, 0.6) is 0 Å². The molecule has 1 amide bonds. The Bertz CT molecular complexity index is 547. The molecule has 114 valence electrons. The van der Waals surface area contributed by atoms with Gasteiger partial charge in [-0.05, 0) is 25.1 Å². The van der Waals surface area contributed by atoms with Gasteiger partial charge in [0.05, 0.1) is 36.8 Å². The number of nitrogens with two attached hydrogens (primary N) is 2. The van der Waals surface area contributed by atoms with Crippen LogP contribution in [0.15, 0.2) is 18.2 Å². The molecule has 1 aromatic carbocycles. The first kappa shape index (κ1) is 15.1. The van der Waals surface area contributed by atoms with Crippen LogP contribution < -0.4 is 16.4 Å². The fourth-order valence-electron chi connectivity index (χ4n) is 2.29. The molecule has 1 unspecified atom stereocenters. The van der Waals surface area contributed by atoms with Crippen LogP contribution in [0, 0.1) is 0 Å². The summed E-state index contributed by atoms with van der Waals surface area (Å²) in [6.07, 6.45) is 0. The van der Waals surface area contributed by atoms with E-state index in [0.717, 1.165) is 0 Å². The molecular formula is C14H19N3O4. The Kier molecular flexibility index (Phi) is 4.64. The highest BCUT2D eigenvalue weighted by Crippen LogP contribution is 2.27. The predicted molar refractivity (Wildman–Crippen MR) is 78.0 cm³/mol. The van der Waals surface area contributed by atoms with Crippen LogP contribution in [-0.4, -0.2) is 44.3 Å². The van der Waals surface area contributed by atoms with Gasteiger partial charge in [0.25, 0.3) is 0 Å². The molecule has 0 aromatic heterocycles. The molecule has 0 saturated carbocycles. The normalized spacial score (nSPS) is 18.3. The molecule has 21 heavy (non-hydrogen) atoms. The first-order valence-electron chi connectivity index (χ1n) is 6.75. The second-order valence-electron chi connectivity index (χ2n) is 4.68. The molecule has 1 aliphatic rings. The molecule has 0 aliphatic carbocycles. The van der Waals surface area contributed by atoms with Crippen LogP contribution in [0.4, 0.5) is 11.4 Å². The lowest BCUT2D eigenvalue weighted by atomic mass is 10.1. The van der Waals surface area contributed by atoms with Gasteiger partial charge in [0.1, 0.15) is 6.04 Å². The zero-order valence-electron chi connectivity index (χ0n) is 11.9. The number of morpholine rings is 1. The maximum atomic E-state index is 11.7. The Morgan fingerprint density at radius 1 is 1.48 bits per heavy atom. The van der Waals surface area contributed by atoms with Crippen molar-refractivity contribution in [1.29, 1.82) is 0 Å². The lowest BCUT2D eigenvalue weighted by Crippen LogP contribution is -2.52. The van der Waals surface area contributed by atoms with Crippen LogP contribution in [0.2, 0.25) is 0 Å². The summed E-state index contributed by atoms with van der Waals surface area (Å²) in [4.78, 5) is 25.0. The number of anilines is 2. The zero-order valence-corrected chi connectivity index (χ0v) is 11.9. The second kappa shape index (κ2) is 6.45. The van der Waals surface area contributed by atoms with E-state index in [0.29, 0.717) is 36.7 Å². The molecule has 0 radical (unpaired) electrons. The number of amides is 1. The highest BCUT2D eigenvalue weighted by Gasteiger charge is 2.29. The molecular weight excluding hydrogens is 274 g/mol. The third-order valence-electron chi connectivity index (χ3n) is 3.30. The summed E-state index contributed by atoms with van der Waals surface area (Å²) in [5.41, 5.74) is 12.8. The van der Waals surface area contributed by atoms with Crippen molar-refractivity contribution in [1.82, 2.24) is 0 Å². The summed E-state index contributed by atoms with van der Waals surface area (Å²) in [7, 11) is 0. The highest BCUT2D eigenvalue weighted by molar-refractivity contribution is 5.93. The van der Waals surface area contributed by atoms with E-state index in [1.165, 1.54) is 0 Å². The highest BCUT2D eigenvalue weighted by atomic mass is 16.5. The van der Waals surface area contributed by atoms with E-state index >= 15 is 0 Å². The van der Waals surface area contributed by atoms with Crippen molar-refractivity contribution in [3.63, 3.8) is 0 Å². The molecule has 2 rings (SSSR count). The van der Waals surface area contributed by atoms with Crippen molar-refractivity contribution in [3.05, 3.63) is 23.8 Å². The molecule has 1 heterocycles. The van der Waals surface area contributed by atoms with Crippen LogP contribution in [0.1, 0.15) is 17.3 Å². The van der Waals surface area contributed by atoms with Crippen molar-refractivity contribution >= 4 is 23.3 Å². The molecule has 1 aromatic rings. The summed E-state index contributed by atoms with van der Waals surface area (Å²) >= 11 is 0. The number of hydrogen-bond acceptors (Lipinski definition) is 6. The minimum absolute atomic E-state index is 0.231. The number of ether oxygens (including phenoxy) is 2. The number of nitrogen functional groups attached to an aromatic ring is 1. The number of nitrogens with zero attached hydrogens (tertiary/aromatic N) is 1. The van der Waals surface area contributed by atoms with Gasteiger partial charge in [-0.1, -0.05) is 0 Å². The van der Waals surface area contributed by atoms with Gasteiger partial charge in [0.15, 0.2) is 0 Å². The van der Waals surface area contributed by atoms with Crippen molar-refractivity contribution in [3.8, 4) is 0 Å². The standard InChI is InChI=1S/C14H19N3O4/c1-2-21-14(19)9-3-4-11(10(15)7-9)17-5-6-20-8-12(17)13(16)18/h3-4,7,12H,2,5-6,8,15H2,1H3,(H2,16,18). The number of primary amides is 1. The fraction of sp³-hybridized carbons (Fsp3) is 0.429. The quantitative estimate of drug-likeness (QED) is 0.603. The van der Waals surface area contributed by atoms with Crippen molar-refractivity contribution in [2.75, 3.05) is 37.0 Å². The summed E-state index contributed by atoms with van der Waals surface area (Å²) in [6.45, 7) is 3.27. The van der Waals surface area contributed by atoms with Crippen LogP contribution in [0.25, 0.3) is 0 Å². The lowest BCUT2D eigenvalue weighted by molar-refractivity contribution is -0.121. The lowest BCUT2D eigenvalue weighted by Gasteiger charge is -2.36. The average Bonchev–Trinajstić information content (AvgIpc) is 2.47. The van der Waals surface area contributed by atoms with Gasteiger partial charge in [-0.25, -0.2) is 4.79 Å². The average molecular weight is 293 g/mol. The van der Waals surface area contributed by atoms with Crippen LogP contribution in [-0.2, 0) is 14.3 Å². The number of carbonyl (C=O) groups is 2. The summed E-state index contributed by atoms with van der Waals surface area (Å²) < 4.78 is 10.2. The smallest absolute Gasteiger partial charge is 0.338 e. The summed E-state index contributed by atoms with van der Waals surface area (Å²) in [5.74, 6) is -0.896. The molecule has 1 fully saturated rings. The number of hydrogen-bond donors (Lipinski definition) is 2.